The molecule has 0 radical (unpaired) electrons. The zero-order valence-electron chi connectivity index (χ0n) is 15.9. The molecule has 31 heavy (non-hydrogen) atoms. The van der Waals surface area contributed by atoms with Crippen molar-refractivity contribution in [3.05, 3.63) is 98.1 Å². The molecule has 156 valence electrons. The van der Waals surface area contributed by atoms with Gasteiger partial charge in [-0.3, -0.25) is 4.79 Å². The number of rotatable bonds is 5. The summed E-state index contributed by atoms with van der Waals surface area (Å²) in [7, 11) is 0. The number of hydrogen-bond donors (Lipinski definition) is 1. The van der Waals surface area contributed by atoms with Crippen molar-refractivity contribution in [2.75, 3.05) is 4.90 Å². The lowest BCUT2D eigenvalue weighted by Crippen LogP contribution is -2.30. The van der Waals surface area contributed by atoms with Gasteiger partial charge in [0.1, 0.15) is 18.1 Å². The van der Waals surface area contributed by atoms with Crippen molar-refractivity contribution in [3.8, 4) is 5.75 Å². The summed E-state index contributed by atoms with van der Waals surface area (Å²) in [6.45, 7) is 0.323. The Morgan fingerprint density at radius 2 is 1.74 bits per heavy atom. The van der Waals surface area contributed by atoms with E-state index in [-0.39, 0.29) is 5.70 Å². The Morgan fingerprint density at radius 3 is 2.45 bits per heavy atom. The maximum atomic E-state index is 12.7. The first-order valence-corrected chi connectivity index (χ1v) is 10.8. The van der Waals surface area contributed by atoms with Gasteiger partial charge in [0.05, 0.1) is 10.2 Å². The van der Waals surface area contributed by atoms with Crippen molar-refractivity contribution in [1.82, 2.24) is 5.32 Å². The first-order chi connectivity index (χ1) is 14.9. The fraction of sp³-hybridized carbons (Fsp3) is 0.0435. The SMILES string of the molecule is O=C1N/C(=C/c2ccc(OCc3ccccc3Cl)c(Br)c2)C(=O)N1c1ccc(Cl)cc1. The molecule has 1 aliphatic heterocycles. The third kappa shape index (κ3) is 4.77. The zero-order chi connectivity index (χ0) is 22.0. The smallest absolute Gasteiger partial charge is 0.333 e. The Hall–Kier alpha value is -2.80. The molecule has 3 amide bonds. The summed E-state index contributed by atoms with van der Waals surface area (Å²) in [5.41, 5.74) is 2.22. The molecule has 1 saturated heterocycles. The van der Waals surface area contributed by atoms with Crippen molar-refractivity contribution in [2.45, 2.75) is 6.61 Å². The van der Waals surface area contributed by atoms with E-state index in [1.165, 1.54) is 0 Å². The molecule has 1 heterocycles. The Kier molecular flexibility index (Phi) is 6.32. The van der Waals surface area contributed by atoms with Crippen LogP contribution in [0.1, 0.15) is 11.1 Å². The molecule has 0 aliphatic carbocycles. The molecule has 1 fully saturated rings. The normalized spacial score (nSPS) is 14.8. The highest BCUT2D eigenvalue weighted by molar-refractivity contribution is 9.10. The predicted octanol–water partition coefficient (Wildman–Crippen LogP) is 6.43. The Balaban J connectivity index is 1.50. The second kappa shape index (κ2) is 9.14. The number of urea groups is 1. The van der Waals surface area contributed by atoms with Crippen LogP contribution >= 0.6 is 39.1 Å². The minimum absolute atomic E-state index is 0.177. The first kappa shape index (κ1) is 21.4. The molecule has 0 aromatic heterocycles. The van der Waals surface area contributed by atoms with E-state index < -0.39 is 11.9 Å². The molecule has 1 N–H and O–H groups in total. The maximum absolute atomic E-state index is 12.7. The number of ether oxygens (including phenoxy) is 1. The molecule has 5 nitrogen and oxygen atoms in total. The molecule has 0 atom stereocenters. The van der Waals surface area contributed by atoms with E-state index in [1.807, 2.05) is 24.3 Å². The maximum Gasteiger partial charge on any atom is 0.333 e. The standard InChI is InChI=1S/C23H15BrCl2N2O3/c24-18-11-14(5-10-21(18)31-13-15-3-1-2-4-19(15)26)12-20-22(29)28(23(30)27-20)17-8-6-16(25)7-9-17/h1-12H,13H2,(H,27,30)/b20-12+. The van der Waals surface area contributed by atoms with Gasteiger partial charge >= 0.3 is 6.03 Å². The van der Waals surface area contributed by atoms with E-state index in [0.29, 0.717) is 32.6 Å². The van der Waals surface area contributed by atoms with Gasteiger partial charge in [0.25, 0.3) is 5.91 Å². The lowest BCUT2D eigenvalue weighted by atomic mass is 10.1. The van der Waals surface area contributed by atoms with Crippen molar-refractivity contribution in [1.29, 1.82) is 0 Å². The van der Waals surface area contributed by atoms with Crippen LogP contribution in [-0.4, -0.2) is 11.9 Å². The summed E-state index contributed by atoms with van der Waals surface area (Å²) in [5.74, 6) is 0.189. The van der Waals surface area contributed by atoms with E-state index in [2.05, 4.69) is 21.2 Å². The summed E-state index contributed by atoms with van der Waals surface area (Å²) >= 11 is 15.5. The minimum atomic E-state index is -0.516. The fourth-order valence-corrected chi connectivity index (χ4v) is 3.85. The summed E-state index contributed by atoms with van der Waals surface area (Å²) in [4.78, 5) is 26.1. The van der Waals surface area contributed by atoms with Gasteiger partial charge in [-0.25, -0.2) is 9.69 Å². The third-order valence-electron chi connectivity index (χ3n) is 4.57. The van der Waals surface area contributed by atoms with Crippen LogP contribution in [0.5, 0.6) is 5.75 Å². The Bertz CT molecular complexity index is 1200. The fourth-order valence-electron chi connectivity index (χ4n) is 3.02. The summed E-state index contributed by atoms with van der Waals surface area (Å²) in [6, 6.07) is 18.8. The van der Waals surface area contributed by atoms with Crippen LogP contribution in [0, 0.1) is 0 Å². The second-order valence-electron chi connectivity index (χ2n) is 6.68. The van der Waals surface area contributed by atoms with Gasteiger partial charge in [0, 0.05) is 15.6 Å². The number of anilines is 1. The van der Waals surface area contributed by atoms with Crippen LogP contribution in [-0.2, 0) is 11.4 Å². The van der Waals surface area contributed by atoms with E-state index in [4.69, 9.17) is 27.9 Å². The van der Waals surface area contributed by atoms with Gasteiger partial charge in [-0.15, -0.1) is 0 Å². The number of carbonyl (C=O) groups excluding carboxylic acids is 2. The molecule has 1 aliphatic rings. The molecule has 0 saturated carbocycles. The van der Waals surface area contributed by atoms with E-state index in [0.717, 1.165) is 16.0 Å². The number of nitrogens with one attached hydrogen (secondary N) is 1. The Labute approximate surface area is 197 Å². The third-order valence-corrected chi connectivity index (χ3v) is 5.81. The predicted molar refractivity (Wildman–Crippen MR) is 125 cm³/mol. The molecule has 4 rings (SSSR count). The van der Waals surface area contributed by atoms with Crippen LogP contribution in [0.15, 0.2) is 76.9 Å². The van der Waals surface area contributed by atoms with Crippen LogP contribution in [0.4, 0.5) is 10.5 Å². The zero-order valence-corrected chi connectivity index (χ0v) is 19.0. The summed E-state index contributed by atoms with van der Waals surface area (Å²) < 4.78 is 6.55. The number of halogens is 3. The second-order valence-corrected chi connectivity index (χ2v) is 8.37. The molecule has 0 spiro atoms. The van der Waals surface area contributed by atoms with Crippen LogP contribution in [0.3, 0.4) is 0 Å². The quantitative estimate of drug-likeness (QED) is 0.313. The number of amides is 3. The van der Waals surface area contributed by atoms with Crippen molar-refractivity contribution in [2.24, 2.45) is 0 Å². The van der Waals surface area contributed by atoms with Crippen molar-refractivity contribution >= 4 is 62.8 Å². The first-order valence-electron chi connectivity index (χ1n) is 9.21. The van der Waals surface area contributed by atoms with Crippen molar-refractivity contribution < 1.29 is 14.3 Å². The number of nitrogens with zero attached hydrogens (tertiary/aromatic N) is 1. The highest BCUT2D eigenvalue weighted by atomic mass is 79.9. The summed E-state index contributed by atoms with van der Waals surface area (Å²) in [5, 5.41) is 3.77. The Morgan fingerprint density at radius 1 is 1.00 bits per heavy atom. The highest BCUT2D eigenvalue weighted by Gasteiger charge is 2.34. The van der Waals surface area contributed by atoms with Crippen LogP contribution < -0.4 is 15.0 Å². The molecule has 0 unspecified atom stereocenters. The molecule has 8 heteroatoms. The van der Waals surface area contributed by atoms with Crippen LogP contribution in [0.2, 0.25) is 10.0 Å². The lowest BCUT2D eigenvalue weighted by molar-refractivity contribution is -0.113. The van der Waals surface area contributed by atoms with Gasteiger partial charge in [0.15, 0.2) is 0 Å². The number of imide groups is 1. The van der Waals surface area contributed by atoms with Gasteiger partial charge in [-0.2, -0.15) is 0 Å². The number of carbonyl (C=O) groups is 2. The molecule has 0 bridgehead atoms. The van der Waals surface area contributed by atoms with Crippen molar-refractivity contribution in [3.63, 3.8) is 0 Å². The van der Waals surface area contributed by atoms with Gasteiger partial charge in [0.2, 0.25) is 0 Å². The average molecular weight is 518 g/mol. The molecule has 3 aromatic carbocycles. The van der Waals surface area contributed by atoms with E-state index in [1.54, 1.807) is 48.5 Å². The largest absolute Gasteiger partial charge is 0.488 e. The average Bonchev–Trinajstić information content (AvgIpc) is 3.02. The monoisotopic (exact) mass is 516 g/mol. The lowest BCUT2D eigenvalue weighted by Gasteiger charge is -2.11. The minimum Gasteiger partial charge on any atom is -0.488 e. The van der Waals surface area contributed by atoms with Gasteiger partial charge < -0.3 is 10.1 Å². The summed E-state index contributed by atoms with van der Waals surface area (Å²) in [6.07, 6.45) is 1.61. The number of benzene rings is 3. The highest BCUT2D eigenvalue weighted by Crippen LogP contribution is 2.29. The molecular formula is C23H15BrCl2N2O3. The molecule has 3 aromatic rings. The number of hydrogen-bond acceptors (Lipinski definition) is 3. The van der Waals surface area contributed by atoms with E-state index in [9.17, 15) is 9.59 Å². The van der Waals surface area contributed by atoms with E-state index >= 15 is 0 Å². The topological polar surface area (TPSA) is 58.6 Å². The van der Waals surface area contributed by atoms with Crippen LogP contribution in [0.25, 0.3) is 6.08 Å². The molecular weight excluding hydrogens is 503 g/mol. The van der Waals surface area contributed by atoms with Gasteiger partial charge in [-0.05, 0) is 70.0 Å². The van der Waals surface area contributed by atoms with Gasteiger partial charge in [-0.1, -0.05) is 47.5 Å².